The van der Waals surface area contributed by atoms with Crippen LogP contribution in [0.1, 0.15) is 37.8 Å². The van der Waals surface area contributed by atoms with Crippen molar-refractivity contribution in [1.29, 1.82) is 0 Å². The summed E-state index contributed by atoms with van der Waals surface area (Å²) in [4.78, 5) is 26.9. The largest absolute Gasteiger partial charge is 0.497 e. The number of carbonyl (C=O) groups is 2. The van der Waals surface area contributed by atoms with E-state index in [1.807, 2.05) is 62.4 Å². The standard InChI is InChI=1S/C24H32N2O4/c1-5-25-24(28)19(3)26(17-20-10-8-18(2)9-11-20)23(27)7-6-16-30-22-14-12-21(29-4)13-15-22/h8-15,19H,5-7,16-17H2,1-4H3,(H,25,28). The van der Waals surface area contributed by atoms with Gasteiger partial charge in [-0.2, -0.15) is 0 Å². The number of nitrogens with one attached hydrogen (secondary N) is 1. The monoisotopic (exact) mass is 412 g/mol. The fraction of sp³-hybridized carbons (Fsp3) is 0.417. The normalized spacial score (nSPS) is 11.5. The van der Waals surface area contributed by atoms with E-state index in [0.717, 1.165) is 22.6 Å². The molecule has 2 amide bonds. The van der Waals surface area contributed by atoms with Crippen LogP contribution in [-0.2, 0) is 16.1 Å². The van der Waals surface area contributed by atoms with Crippen LogP contribution < -0.4 is 14.8 Å². The molecule has 0 radical (unpaired) electrons. The second-order valence-electron chi connectivity index (χ2n) is 7.21. The molecule has 0 saturated carbocycles. The van der Waals surface area contributed by atoms with Crippen molar-refractivity contribution >= 4 is 11.8 Å². The van der Waals surface area contributed by atoms with Gasteiger partial charge in [0, 0.05) is 19.5 Å². The van der Waals surface area contributed by atoms with Gasteiger partial charge >= 0.3 is 0 Å². The van der Waals surface area contributed by atoms with Crippen molar-refractivity contribution in [2.45, 2.75) is 46.2 Å². The van der Waals surface area contributed by atoms with Crippen LogP contribution in [0.15, 0.2) is 48.5 Å². The van der Waals surface area contributed by atoms with E-state index in [0.29, 0.717) is 32.5 Å². The number of carbonyl (C=O) groups excluding carboxylic acids is 2. The van der Waals surface area contributed by atoms with Crippen molar-refractivity contribution in [2.24, 2.45) is 0 Å². The van der Waals surface area contributed by atoms with E-state index >= 15 is 0 Å². The molecule has 0 aromatic heterocycles. The number of amides is 2. The first-order valence-electron chi connectivity index (χ1n) is 10.3. The van der Waals surface area contributed by atoms with Gasteiger partial charge in [0.15, 0.2) is 0 Å². The van der Waals surface area contributed by atoms with Crippen LogP contribution in [0, 0.1) is 6.92 Å². The fourth-order valence-electron chi connectivity index (χ4n) is 3.02. The van der Waals surface area contributed by atoms with Crippen LogP contribution in [0.25, 0.3) is 0 Å². The molecule has 6 heteroatoms. The van der Waals surface area contributed by atoms with Crippen LogP contribution in [0.3, 0.4) is 0 Å². The maximum Gasteiger partial charge on any atom is 0.242 e. The molecule has 0 fully saturated rings. The third kappa shape index (κ3) is 7.10. The smallest absolute Gasteiger partial charge is 0.242 e. The lowest BCUT2D eigenvalue weighted by Crippen LogP contribution is -2.47. The number of nitrogens with zero attached hydrogens (tertiary/aromatic N) is 1. The van der Waals surface area contributed by atoms with Gasteiger partial charge in [-0.1, -0.05) is 29.8 Å². The predicted molar refractivity (Wildman–Crippen MR) is 118 cm³/mol. The van der Waals surface area contributed by atoms with Crippen LogP contribution in [0.5, 0.6) is 11.5 Å². The Morgan fingerprint density at radius 3 is 2.27 bits per heavy atom. The Morgan fingerprint density at radius 2 is 1.67 bits per heavy atom. The Hall–Kier alpha value is -3.02. The maximum absolute atomic E-state index is 12.9. The van der Waals surface area contributed by atoms with Crippen molar-refractivity contribution in [2.75, 3.05) is 20.3 Å². The summed E-state index contributed by atoms with van der Waals surface area (Å²) >= 11 is 0. The van der Waals surface area contributed by atoms with E-state index < -0.39 is 6.04 Å². The molecule has 1 N–H and O–H groups in total. The SMILES string of the molecule is CCNC(=O)C(C)N(Cc1ccc(C)cc1)C(=O)CCCOc1ccc(OC)cc1. The molecule has 162 valence electrons. The molecule has 6 nitrogen and oxygen atoms in total. The minimum atomic E-state index is -0.541. The molecule has 2 rings (SSSR count). The number of hydrogen-bond acceptors (Lipinski definition) is 4. The number of likely N-dealkylation sites (N-methyl/N-ethyl adjacent to an activating group) is 1. The summed E-state index contributed by atoms with van der Waals surface area (Å²) in [5, 5.41) is 2.81. The van der Waals surface area contributed by atoms with E-state index in [2.05, 4.69) is 5.32 Å². The molecule has 1 atom stereocenters. The van der Waals surface area contributed by atoms with Crippen molar-refractivity contribution < 1.29 is 19.1 Å². The number of hydrogen-bond donors (Lipinski definition) is 1. The molecule has 0 heterocycles. The topological polar surface area (TPSA) is 67.9 Å². The van der Waals surface area contributed by atoms with Crippen LogP contribution >= 0.6 is 0 Å². The lowest BCUT2D eigenvalue weighted by atomic mass is 10.1. The van der Waals surface area contributed by atoms with Crippen LogP contribution in [0.2, 0.25) is 0 Å². The Bertz CT molecular complexity index is 803. The van der Waals surface area contributed by atoms with Crippen LogP contribution in [-0.4, -0.2) is 43.0 Å². The first-order chi connectivity index (χ1) is 14.4. The molecule has 0 saturated heterocycles. The Kier molecular flexibility index (Phi) is 9.19. The van der Waals surface area contributed by atoms with Gasteiger partial charge in [-0.3, -0.25) is 9.59 Å². The Balaban J connectivity index is 1.94. The summed E-state index contributed by atoms with van der Waals surface area (Å²) in [6, 6.07) is 14.8. The number of rotatable bonds is 11. The lowest BCUT2D eigenvalue weighted by Gasteiger charge is -2.29. The summed E-state index contributed by atoms with van der Waals surface area (Å²) < 4.78 is 10.8. The first-order valence-corrected chi connectivity index (χ1v) is 10.3. The van der Waals surface area contributed by atoms with Crippen molar-refractivity contribution in [1.82, 2.24) is 10.2 Å². The van der Waals surface area contributed by atoms with E-state index in [4.69, 9.17) is 9.47 Å². The average Bonchev–Trinajstić information content (AvgIpc) is 2.76. The maximum atomic E-state index is 12.9. The zero-order valence-corrected chi connectivity index (χ0v) is 18.3. The molecule has 0 aliphatic heterocycles. The molecular formula is C24H32N2O4. The summed E-state index contributed by atoms with van der Waals surface area (Å²) in [5.74, 6) is 1.29. The number of ether oxygens (including phenoxy) is 2. The van der Waals surface area contributed by atoms with E-state index in [1.165, 1.54) is 0 Å². The van der Waals surface area contributed by atoms with Gasteiger partial charge in [0.25, 0.3) is 0 Å². The summed E-state index contributed by atoms with van der Waals surface area (Å²) in [5.41, 5.74) is 2.16. The van der Waals surface area contributed by atoms with E-state index in [1.54, 1.807) is 18.9 Å². The van der Waals surface area contributed by atoms with Gasteiger partial charge in [0.05, 0.1) is 13.7 Å². The molecular weight excluding hydrogens is 380 g/mol. The highest BCUT2D eigenvalue weighted by atomic mass is 16.5. The molecule has 0 spiro atoms. The van der Waals surface area contributed by atoms with Gasteiger partial charge in [-0.25, -0.2) is 0 Å². The van der Waals surface area contributed by atoms with Crippen LogP contribution in [0.4, 0.5) is 0 Å². The predicted octanol–water partition coefficient (Wildman–Crippen LogP) is 3.72. The molecule has 2 aromatic rings. The summed E-state index contributed by atoms with van der Waals surface area (Å²) in [6.45, 7) is 7.01. The van der Waals surface area contributed by atoms with Gasteiger partial charge in [0.1, 0.15) is 17.5 Å². The quantitative estimate of drug-likeness (QED) is 0.571. The molecule has 0 aliphatic rings. The van der Waals surface area contributed by atoms with Gasteiger partial charge in [-0.15, -0.1) is 0 Å². The summed E-state index contributed by atoms with van der Waals surface area (Å²) in [7, 11) is 1.62. The average molecular weight is 413 g/mol. The van der Waals surface area contributed by atoms with E-state index in [9.17, 15) is 9.59 Å². The van der Waals surface area contributed by atoms with Gasteiger partial charge in [0.2, 0.25) is 11.8 Å². The van der Waals surface area contributed by atoms with E-state index in [-0.39, 0.29) is 11.8 Å². The molecule has 0 aliphatic carbocycles. The highest BCUT2D eigenvalue weighted by Crippen LogP contribution is 2.18. The zero-order chi connectivity index (χ0) is 21.9. The highest BCUT2D eigenvalue weighted by Gasteiger charge is 2.25. The molecule has 0 bridgehead atoms. The number of aryl methyl sites for hydroxylation is 1. The van der Waals surface area contributed by atoms with Crippen molar-refractivity contribution in [3.8, 4) is 11.5 Å². The summed E-state index contributed by atoms with van der Waals surface area (Å²) in [6.07, 6.45) is 0.878. The van der Waals surface area contributed by atoms with Crippen molar-refractivity contribution in [3.63, 3.8) is 0 Å². The lowest BCUT2D eigenvalue weighted by molar-refractivity contribution is -0.140. The second-order valence-corrected chi connectivity index (χ2v) is 7.21. The Labute approximate surface area is 179 Å². The number of benzene rings is 2. The highest BCUT2D eigenvalue weighted by molar-refractivity contribution is 5.87. The minimum absolute atomic E-state index is 0.0624. The zero-order valence-electron chi connectivity index (χ0n) is 18.3. The third-order valence-corrected chi connectivity index (χ3v) is 4.85. The molecule has 1 unspecified atom stereocenters. The molecule has 30 heavy (non-hydrogen) atoms. The fourth-order valence-corrected chi connectivity index (χ4v) is 3.02. The second kappa shape index (κ2) is 11.9. The van der Waals surface area contributed by atoms with Crippen molar-refractivity contribution in [3.05, 3.63) is 59.7 Å². The third-order valence-electron chi connectivity index (χ3n) is 4.85. The van der Waals surface area contributed by atoms with Gasteiger partial charge in [-0.05, 0) is 57.0 Å². The minimum Gasteiger partial charge on any atom is -0.497 e. The van der Waals surface area contributed by atoms with Gasteiger partial charge < -0.3 is 19.7 Å². The molecule has 2 aromatic carbocycles. The first kappa shape index (κ1) is 23.3. The number of methoxy groups -OCH3 is 1. The Morgan fingerprint density at radius 1 is 1.03 bits per heavy atom.